The Morgan fingerprint density at radius 1 is 1.30 bits per heavy atom. The number of nitrogens with one attached hydrogen (secondary N) is 1. The quantitative estimate of drug-likeness (QED) is 0.495. The zero-order valence-electron chi connectivity index (χ0n) is 18.2. The van der Waals surface area contributed by atoms with Gasteiger partial charge in [0.2, 0.25) is 5.91 Å². The number of carbonyl (C=O) groups is 1. The van der Waals surface area contributed by atoms with Crippen LogP contribution in [0.1, 0.15) is 51.8 Å². The third-order valence-corrected chi connectivity index (χ3v) is 6.23. The molecule has 6 nitrogen and oxygen atoms in total. The lowest BCUT2D eigenvalue weighted by molar-refractivity contribution is -0.115. The molecule has 4 rings (SSSR count). The van der Waals surface area contributed by atoms with Gasteiger partial charge in [0.05, 0.1) is 7.11 Å². The second kappa shape index (κ2) is 7.42. The summed E-state index contributed by atoms with van der Waals surface area (Å²) in [4.78, 5) is 30.0. The second-order valence-electron chi connectivity index (χ2n) is 9.07. The van der Waals surface area contributed by atoms with E-state index >= 15 is 0 Å². The third-order valence-electron chi connectivity index (χ3n) is 6.23. The summed E-state index contributed by atoms with van der Waals surface area (Å²) in [6.45, 7) is 8.53. The lowest BCUT2D eigenvalue weighted by Crippen LogP contribution is -2.28. The highest BCUT2D eigenvalue weighted by molar-refractivity contribution is 6.12. The first-order valence-corrected chi connectivity index (χ1v) is 10.5. The number of carbonyl (C=O) groups excluding carboxylic acids is 1. The Morgan fingerprint density at radius 2 is 2.07 bits per heavy atom. The highest BCUT2D eigenvalue weighted by Gasteiger charge is 2.32. The van der Waals surface area contributed by atoms with Gasteiger partial charge in [0.1, 0.15) is 11.2 Å². The minimum absolute atomic E-state index is 0.145. The molecular weight excluding hydrogens is 380 g/mol. The SMILES string of the molecule is CCC(=O)Nc1nc2c(c3c1c(=O)oc1c(OC)cccc13)CC(C(C)(C)C)CC2. The number of hydrogen-bond acceptors (Lipinski definition) is 5. The number of pyridine rings is 1. The summed E-state index contributed by atoms with van der Waals surface area (Å²) in [6.07, 6.45) is 2.98. The first-order chi connectivity index (χ1) is 14.2. The average molecular weight is 408 g/mol. The molecule has 1 aliphatic carbocycles. The standard InChI is InChI=1S/C24H28N2O4/c1-6-18(27)26-22-20-19(14-8-7-9-17(29-5)21(14)30-23(20)28)15-12-13(24(2,3)4)10-11-16(15)25-22/h7-9,13H,6,10-12H2,1-5H3,(H,25,26,27). The molecule has 1 amide bonds. The number of benzene rings is 1. The molecule has 0 radical (unpaired) electrons. The van der Waals surface area contributed by atoms with Gasteiger partial charge >= 0.3 is 5.63 Å². The highest BCUT2D eigenvalue weighted by Crippen LogP contribution is 2.42. The van der Waals surface area contributed by atoms with Gasteiger partial charge in [-0.15, -0.1) is 0 Å². The summed E-state index contributed by atoms with van der Waals surface area (Å²) in [6, 6.07) is 5.61. The number of methoxy groups -OCH3 is 1. The number of anilines is 1. The fraction of sp³-hybridized carbons (Fsp3) is 0.458. The van der Waals surface area contributed by atoms with E-state index in [2.05, 4.69) is 26.1 Å². The predicted molar refractivity (Wildman–Crippen MR) is 118 cm³/mol. The van der Waals surface area contributed by atoms with Crippen molar-refractivity contribution in [3.63, 3.8) is 0 Å². The molecule has 0 spiro atoms. The van der Waals surface area contributed by atoms with Crippen molar-refractivity contribution in [2.75, 3.05) is 12.4 Å². The maximum atomic E-state index is 13.1. The van der Waals surface area contributed by atoms with E-state index in [0.717, 1.165) is 41.3 Å². The number of aromatic nitrogens is 1. The highest BCUT2D eigenvalue weighted by atomic mass is 16.5. The van der Waals surface area contributed by atoms with Gasteiger partial charge in [-0.25, -0.2) is 9.78 Å². The first-order valence-electron chi connectivity index (χ1n) is 10.5. The molecule has 1 unspecified atom stereocenters. The molecule has 3 aromatic rings. The van der Waals surface area contributed by atoms with E-state index in [4.69, 9.17) is 14.1 Å². The molecular formula is C24H28N2O4. The summed E-state index contributed by atoms with van der Waals surface area (Å²) < 4.78 is 11.1. The van der Waals surface area contributed by atoms with Crippen molar-refractivity contribution in [1.29, 1.82) is 0 Å². The van der Waals surface area contributed by atoms with Crippen molar-refractivity contribution in [1.82, 2.24) is 4.98 Å². The van der Waals surface area contributed by atoms with E-state index in [1.807, 2.05) is 12.1 Å². The Morgan fingerprint density at radius 3 is 2.73 bits per heavy atom. The lowest BCUT2D eigenvalue weighted by atomic mass is 9.71. The van der Waals surface area contributed by atoms with E-state index in [1.54, 1.807) is 20.1 Å². The lowest BCUT2D eigenvalue weighted by Gasteiger charge is -2.35. The van der Waals surface area contributed by atoms with Crippen LogP contribution in [0, 0.1) is 11.3 Å². The zero-order chi connectivity index (χ0) is 21.6. The van der Waals surface area contributed by atoms with Crippen LogP contribution in [-0.2, 0) is 17.6 Å². The summed E-state index contributed by atoms with van der Waals surface area (Å²) in [5.74, 6) is 1.10. The maximum Gasteiger partial charge on any atom is 0.348 e. The zero-order valence-corrected chi connectivity index (χ0v) is 18.2. The average Bonchev–Trinajstić information content (AvgIpc) is 2.71. The summed E-state index contributed by atoms with van der Waals surface area (Å²) >= 11 is 0. The van der Waals surface area contributed by atoms with E-state index in [0.29, 0.717) is 34.9 Å². The van der Waals surface area contributed by atoms with Crippen molar-refractivity contribution in [3.8, 4) is 5.75 Å². The predicted octanol–water partition coefficient (Wildman–Crippen LogP) is 4.85. The molecule has 158 valence electrons. The van der Waals surface area contributed by atoms with E-state index in [-0.39, 0.29) is 11.3 Å². The van der Waals surface area contributed by atoms with E-state index in [9.17, 15) is 9.59 Å². The number of amides is 1. The van der Waals surface area contributed by atoms with Crippen LogP contribution in [0.2, 0.25) is 0 Å². The minimum Gasteiger partial charge on any atom is -0.493 e. The number of para-hydroxylation sites is 1. The Labute approximate surface area is 175 Å². The summed E-state index contributed by atoms with van der Waals surface area (Å²) in [5.41, 5.74) is 2.09. The van der Waals surface area contributed by atoms with Crippen molar-refractivity contribution >= 4 is 33.5 Å². The second-order valence-corrected chi connectivity index (χ2v) is 9.07. The van der Waals surface area contributed by atoms with Crippen LogP contribution in [0.15, 0.2) is 27.4 Å². The van der Waals surface area contributed by atoms with Gasteiger partial charge in [-0.2, -0.15) is 0 Å². The van der Waals surface area contributed by atoms with Crippen molar-refractivity contribution < 1.29 is 13.9 Å². The maximum absolute atomic E-state index is 13.1. The topological polar surface area (TPSA) is 81.4 Å². The number of hydrogen-bond donors (Lipinski definition) is 1. The van der Waals surface area contributed by atoms with Crippen LogP contribution in [0.5, 0.6) is 5.75 Å². The monoisotopic (exact) mass is 408 g/mol. The smallest absolute Gasteiger partial charge is 0.348 e. The molecule has 30 heavy (non-hydrogen) atoms. The van der Waals surface area contributed by atoms with Gasteiger partial charge in [0.25, 0.3) is 0 Å². The number of ether oxygens (including phenoxy) is 1. The number of fused-ring (bicyclic) bond motifs is 5. The molecule has 2 heterocycles. The number of aryl methyl sites for hydroxylation is 1. The number of rotatable bonds is 3. The van der Waals surface area contributed by atoms with Crippen molar-refractivity contribution in [2.45, 2.75) is 53.4 Å². The van der Waals surface area contributed by atoms with Crippen LogP contribution in [0.3, 0.4) is 0 Å². The molecule has 2 aromatic heterocycles. The molecule has 6 heteroatoms. The van der Waals surface area contributed by atoms with E-state index < -0.39 is 5.63 Å². The van der Waals surface area contributed by atoms with Crippen LogP contribution in [-0.4, -0.2) is 18.0 Å². The van der Waals surface area contributed by atoms with Crippen LogP contribution in [0.4, 0.5) is 5.82 Å². The van der Waals surface area contributed by atoms with Gasteiger partial charge in [0.15, 0.2) is 11.3 Å². The molecule has 0 saturated carbocycles. The van der Waals surface area contributed by atoms with Crippen LogP contribution >= 0.6 is 0 Å². The molecule has 0 bridgehead atoms. The van der Waals surface area contributed by atoms with Crippen LogP contribution < -0.4 is 15.7 Å². The van der Waals surface area contributed by atoms with Gasteiger partial charge in [0, 0.05) is 22.9 Å². The van der Waals surface area contributed by atoms with Gasteiger partial charge in [-0.05, 0) is 42.2 Å². The fourth-order valence-corrected chi connectivity index (χ4v) is 4.43. The molecule has 1 aliphatic rings. The molecule has 1 aromatic carbocycles. The first kappa shape index (κ1) is 20.4. The Balaban J connectivity index is 2.11. The van der Waals surface area contributed by atoms with Gasteiger partial charge in [-0.1, -0.05) is 39.8 Å². The molecule has 1 N–H and O–H groups in total. The van der Waals surface area contributed by atoms with Crippen molar-refractivity contribution in [2.24, 2.45) is 11.3 Å². The Kier molecular flexibility index (Phi) is 5.04. The third kappa shape index (κ3) is 3.34. The molecule has 0 saturated heterocycles. The van der Waals surface area contributed by atoms with Crippen molar-refractivity contribution in [3.05, 3.63) is 39.9 Å². The fourth-order valence-electron chi connectivity index (χ4n) is 4.43. The molecule has 0 fully saturated rings. The largest absolute Gasteiger partial charge is 0.493 e. The summed E-state index contributed by atoms with van der Waals surface area (Å²) in [5, 5.41) is 4.79. The minimum atomic E-state index is -0.512. The number of nitrogens with zero attached hydrogens (tertiary/aromatic N) is 1. The van der Waals surface area contributed by atoms with Gasteiger partial charge in [-0.3, -0.25) is 4.79 Å². The Bertz CT molecular complexity index is 1200. The normalized spacial score (nSPS) is 16.5. The van der Waals surface area contributed by atoms with Crippen LogP contribution in [0.25, 0.3) is 21.7 Å². The van der Waals surface area contributed by atoms with Gasteiger partial charge < -0.3 is 14.5 Å². The summed E-state index contributed by atoms with van der Waals surface area (Å²) in [7, 11) is 1.56. The Hall–Kier alpha value is -2.89. The van der Waals surface area contributed by atoms with E-state index in [1.165, 1.54) is 0 Å². The molecule has 1 atom stereocenters. The molecule has 0 aliphatic heterocycles.